The third-order valence-corrected chi connectivity index (χ3v) is 25.2. The van der Waals surface area contributed by atoms with Gasteiger partial charge >= 0.3 is 56.2 Å². The smallest absolute Gasteiger partial charge is 0.394 e. The van der Waals surface area contributed by atoms with Crippen molar-refractivity contribution in [2.75, 3.05) is 62.6 Å². The van der Waals surface area contributed by atoms with Gasteiger partial charge < -0.3 is 106 Å². The number of ether oxygens (including phenoxy) is 6. The highest BCUT2D eigenvalue weighted by Crippen LogP contribution is 2.57. The second kappa shape index (κ2) is 35.0. The van der Waals surface area contributed by atoms with Crippen LogP contribution < -0.4 is 56.7 Å². The molecule has 0 saturated carbocycles. The number of phosphoric acid groups is 5. The number of rotatable bonds is 32. The van der Waals surface area contributed by atoms with E-state index in [4.69, 9.17) is 96.6 Å². The molecule has 15 heterocycles. The minimum atomic E-state index is -5.90. The Kier molecular flexibility index (Phi) is 25.3. The number of aliphatic hydroxyl groups is 6. The van der Waals surface area contributed by atoms with Crippen LogP contribution in [0.5, 0.6) is 0 Å². The van der Waals surface area contributed by atoms with Gasteiger partial charge in [-0.1, -0.05) is 0 Å². The molecule has 124 heavy (non-hydrogen) atoms. The van der Waals surface area contributed by atoms with Gasteiger partial charge in [-0.2, -0.15) is 9.97 Å². The first kappa shape index (κ1) is 89.8. The predicted octanol–water partition coefficient (Wildman–Crippen LogP) is -6.43. The molecule has 0 amide bonds. The molecular weight excluding hydrogens is 1780 g/mol. The Hall–Kier alpha value is -9.04. The first-order valence-electron chi connectivity index (χ1n) is 36.3. The van der Waals surface area contributed by atoms with Gasteiger partial charge in [0, 0.05) is 42.6 Å². The van der Waals surface area contributed by atoms with E-state index in [1.807, 2.05) is 4.98 Å². The van der Waals surface area contributed by atoms with Gasteiger partial charge in [0.2, 0.25) is 5.95 Å². The number of imidazole rings is 3. The fourth-order valence-corrected chi connectivity index (χ4v) is 19.1. The normalized spacial score (nSPS) is 31.5. The van der Waals surface area contributed by atoms with Gasteiger partial charge in [0.05, 0.1) is 58.6 Å². The van der Waals surface area contributed by atoms with E-state index in [1.54, 1.807) is 0 Å². The number of H-pyrrole nitrogens is 3. The minimum Gasteiger partial charge on any atom is -0.394 e. The van der Waals surface area contributed by atoms with E-state index in [2.05, 4.69) is 54.8 Å². The number of nitrogens with zero attached hydrogens (tertiary/aromatic N) is 15. The van der Waals surface area contributed by atoms with Gasteiger partial charge in [0.15, 0.2) is 59.0 Å². The zero-order valence-electron chi connectivity index (χ0n) is 63.3. The van der Waals surface area contributed by atoms with Crippen LogP contribution in [0.2, 0.25) is 0 Å². The second-order valence-electron chi connectivity index (χ2n) is 28.4. The van der Waals surface area contributed by atoms with Crippen molar-refractivity contribution in [2.24, 2.45) is 0 Å². The van der Waals surface area contributed by atoms with Crippen molar-refractivity contribution in [3.8, 4) is 0 Å². The molecule has 6 fully saturated rings. The fraction of sp³-hybridized carbons (Fsp3) is 0.542. The fourth-order valence-electron chi connectivity index (χ4n) is 14.3. The van der Waals surface area contributed by atoms with Crippen molar-refractivity contribution in [2.45, 2.75) is 162 Å². The van der Waals surface area contributed by atoms with Crippen molar-refractivity contribution in [1.29, 1.82) is 0 Å². The number of anilines is 4. The Bertz CT molecular complexity index is 6170. The Morgan fingerprint density at radius 2 is 0.806 bits per heavy atom. The molecule has 6 saturated heterocycles. The maximum Gasteiger partial charge on any atom is 0.472 e. The summed E-state index contributed by atoms with van der Waals surface area (Å²) in [6.07, 6.45) is -34.7. The number of aromatic nitrogens is 18. The molecule has 0 radical (unpaired) electrons. The van der Waals surface area contributed by atoms with E-state index in [0.29, 0.717) is 4.57 Å². The largest absolute Gasteiger partial charge is 0.472 e. The summed E-state index contributed by atoms with van der Waals surface area (Å²) in [4.78, 5) is 176. The number of nitrogen functional groups attached to an aromatic ring is 4. The molecule has 15 rings (SSSR count). The Balaban J connectivity index is 0.650. The summed E-state index contributed by atoms with van der Waals surface area (Å²) >= 11 is 0. The van der Waals surface area contributed by atoms with Crippen LogP contribution in [0, 0.1) is 13.8 Å². The summed E-state index contributed by atoms with van der Waals surface area (Å²) in [5.74, 6) is -1.05. The monoisotopic (exact) mass is 1850 g/mol. The molecule has 0 bridgehead atoms. The topological polar surface area (TPSA) is 855 Å². The van der Waals surface area contributed by atoms with Crippen LogP contribution in [0.1, 0.15) is 61.3 Å². The van der Waals surface area contributed by atoms with Crippen LogP contribution in [0.25, 0.3) is 33.5 Å². The van der Waals surface area contributed by atoms with E-state index in [0.717, 1.165) is 74.6 Å². The number of aromatic amines is 3. The maximum absolute atomic E-state index is 14.5. The summed E-state index contributed by atoms with van der Waals surface area (Å²) in [6.45, 7) is -4.46. The molecule has 6 aliphatic rings. The van der Waals surface area contributed by atoms with Crippen molar-refractivity contribution in [3.63, 3.8) is 0 Å². The minimum absolute atomic E-state index is 0.0508. The molecule has 674 valence electrons. The maximum atomic E-state index is 14.5. The van der Waals surface area contributed by atoms with E-state index >= 15 is 0 Å². The van der Waals surface area contributed by atoms with Crippen LogP contribution in [0.4, 0.5) is 23.4 Å². The quantitative estimate of drug-likeness (QED) is 0.0174. The number of aliphatic hydroxyl groups excluding tert-OH is 6. The molecule has 0 aromatic carbocycles. The molecule has 0 aliphatic carbocycles. The zero-order valence-corrected chi connectivity index (χ0v) is 67.7. The molecule has 0 spiro atoms. The van der Waals surface area contributed by atoms with Crippen molar-refractivity contribution in [3.05, 3.63) is 130 Å². The summed E-state index contributed by atoms with van der Waals surface area (Å²) < 4.78 is 166. The molecule has 9 aromatic rings. The number of fused-ring (bicyclic) bond motifs is 3. The van der Waals surface area contributed by atoms with E-state index < -0.39 is 266 Å². The van der Waals surface area contributed by atoms with Crippen LogP contribution >= 0.6 is 39.1 Å². The number of hydrogen-bond donors (Lipinski definition) is 18. The zero-order chi connectivity index (χ0) is 88.9. The Labute approximate surface area is 686 Å². The lowest BCUT2D eigenvalue weighted by atomic mass is 10.1. The molecule has 9 aromatic heterocycles. The van der Waals surface area contributed by atoms with Crippen LogP contribution in [0.15, 0.2) is 85.1 Å². The highest BCUT2D eigenvalue weighted by molar-refractivity contribution is 7.48. The first-order chi connectivity index (χ1) is 58.5. The lowest BCUT2D eigenvalue weighted by molar-refractivity contribution is -0.0655. The van der Waals surface area contributed by atoms with Gasteiger partial charge in [0.25, 0.3) is 16.7 Å². The van der Waals surface area contributed by atoms with E-state index in [1.165, 1.54) is 18.4 Å². The van der Waals surface area contributed by atoms with E-state index in [-0.39, 0.29) is 62.1 Å². The van der Waals surface area contributed by atoms with Gasteiger partial charge in [-0.25, -0.2) is 72.1 Å². The third kappa shape index (κ3) is 18.6. The summed E-state index contributed by atoms with van der Waals surface area (Å²) in [7, 11) is -28.7. The van der Waals surface area contributed by atoms with Crippen molar-refractivity contribution >= 4 is 96.0 Å². The lowest BCUT2D eigenvalue weighted by Crippen LogP contribution is -2.38. The van der Waals surface area contributed by atoms with Gasteiger partial charge in [-0.05, 0) is 19.9 Å². The Morgan fingerprint density at radius 3 is 1.25 bits per heavy atom. The molecular formula is C59H75N22O38P5. The Morgan fingerprint density at radius 1 is 0.427 bits per heavy atom. The molecule has 27 atom stereocenters. The highest BCUT2D eigenvalue weighted by Gasteiger charge is 2.57. The molecule has 6 aliphatic heterocycles. The number of phosphoric ester groups is 5. The van der Waals surface area contributed by atoms with Crippen molar-refractivity contribution < 1.29 is 152 Å². The predicted molar refractivity (Wildman–Crippen MR) is 400 cm³/mol. The highest BCUT2D eigenvalue weighted by atomic mass is 31.2. The molecule has 5 unspecified atom stereocenters. The second-order valence-corrected chi connectivity index (χ2v) is 35.4. The average Bonchev–Trinajstić information content (AvgIpc) is 1.61. The molecule has 22 N–H and O–H groups in total. The number of hydrogen-bond acceptors (Lipinski definition) is 46. The number of nitrogens with two attached hydrogens (primary N) is 4. The summed E-state index contributed by atoms with van der Waals surface area (Å²) in [5.41, 5.74) is 16.8. The lowest BCUT2D eigenvalue weighted by Gasteiger charge is -2.26. The molecule has 60 nitrogen and oxygen atoms in total. The summed E-state index contributed by atoms with van der Waals surface area (Å²) in [5, 5.41) is 68.1. The number of aryl methyl sites for hydroxylation is 2. The van der Waals surface area contributed by atoms with E-state index in [9.17, 15) is 107 Å². The van der Waals surface area contributed by atoms with Crippen LogP contribution in [-0.2, 0) is 96.5 Å². The molecule has 65 heteroatoms. The van der Waals surface area contributed by atoms with Crippen LogP contribution in [0.3, 0.4) is 0 Å². The van der Waals surface area contributed by atoms with Gasteiger partial charge in [0.1, 0.15) is 140 Å². The van der Waals surface area contributed by atoms with Gasteiger partial charge in [-0.3, -0.25) is 102 Å². The van der Waals surface area contributed by atoms with Crippen molar-refractivity contribution in [1.82, 2.24) is 87.2 Å². The SMILES string of the molecule is Cc1cn([C@H]2C[C@H](OP(=O)(O)OC[C@H]3O[C@@H](n4ccc(N)nc4=O)[C@H](O)[C@@H]3OP(=O)(O)OC[C@H]3O[C@@H](n4cc(C)c(=O)[nH]c4=O)C[C@@H]3OP(=O)(O)OC[C@H]3O[C@@H](n4cnc5c(N)ncnc54)[C@H](O)[C@@H]3OP(=O)(O)OC[C@H]3O[C@@H](n4cnc5c(=O)[nH]c(N)nc54)[C@H](O)[C@@H]3OP(=O)(O)OC[C@H]3O[C@@H](n4cnc5c(N)ncnc54)[C@H](O)[C@@H]3O)[C@@H](CO)O2)c(=O)[nH]c1=O. The summed E-state index contributed by atoms with van der Waals surface area (Å²) in [6, 6.07) is 1.07. The third-order valence-electron chi connectivity index (χ3n) is 20.2. The van der Waals surface area contributed by atoms with Gasteiger partial charge in [-0.15, -0.1) is 0 Å². The average molecular weight is 1860 g/mol. The standard InChI is InChI=1S/C59H75N22O38P5/c1-20-7-77(58(92)74-49(20)88)31-5-22(24(9-82)109-31)115-120(94,95)106-12-27-41(38(85)53(112-27)76-4-3-30(60)71-57(76)91)117-122(98,99)104-10-25-23(6-32(110-25)78-8-21(2)50(89)75-59(78)93)116-121(96,97)107-13-28-42(39(86)54(113-28)80-18-69-34-45(62)65-16-67-47(34)80)119-124(102,103)108-14-29-43(40(87)55(114-29)81-19-70-35-48(81)72-56(63)73-51(35)90)118-123(100,101)105-11-26-36(83)37(84)52(111-26)79-17-68-33-44(61)64-15-66-46(33)79/h3-4,7-8,15-19,22-29,31-32,36-43,52-55,82-87H,5-6,9-14H2,1-2H3,(H,94,95)(H,96,97)(H,98,99)(H,100,101)(H,102,103)(H2,60,71,91)(H2,61,64,66)(H2,62,65,67)(H,74,88,92)(H,75,89,93)(H3,63,72,73,90)/t22-,23-,24+,25+,26+,27+,28+,29+,31+,32+,36+,37+,38+,39+,40+,41+,42+,43+,52+,53+,54+,55+/m0/s1. The first-order valence-corrected chi connectivity index (χ1v) is 43.8. The number of nitrogens with one attached hydrogen (secondary N) is 3. The van der Waals surface area contributed by atoms with Crippen LogP contribution in [-0.4, -0.2) is 280 Å².